The molecule has 2 rings (SSSR count). The van der Waals surface area contributed by atoms with Crippen LogP contribution in [0.3, 0.4) is 0 Å². The molecule has 2 N–H and O–H groups in total. The SMILES string of the molecule is CC(=NNC(=O)Cc1ccccc1)c1ccc(NC(=O)C(F)(F)F)cc1. The van der Waals surface area contributed by atoms with Crippen LogP contribution < -0.4 is 10.7 Å². The highest BCUT2D eigenvalue weighted by Crippen LogP contribution is 2.18. The Labute approximate surface area is 147 Å². The van der Waals surface area contributed by atoms with Crippen molar-refractivity contribution in [3.05, 3.63) is 65.7 Å². The molecule has 0 heterocycles. The molecule has 2 amide bonds. The van der Waals surface area contributed by atoms with Crippen molar-refractivity contribution in [3.8, 4) is 0 Å². The third-order valence-electron chi connectivity index (χ3n) is 3.37. The predicted molar refractivity (Wildman–Crippen MR) is 91.6 cm³/mol. The van der Waals surface area contributed by atoms with Crippen LogP contribution in [0.4, 0.5) is 18.9 Å². The number of hydrogen-bond acceptors (Lipinski definition) is 3. The van der Waals surface area contributed by atoms with Crippen LogP contribution in [0.15, 0.2) is 59.7 Å². The van der Waals surface area contributed by atoms with E-state index in [4.69, 9.17) is 0 Å². The highest BCUT2D eigenvalue weighted by Gasteiger charge is 2.38. The number of carbonyl (C=O) groups excluding carboxylic acids is 2. The van der Waals surface area contributed by atoms with Gasteiger partial charge in [-0.2, -0.15) is 18.3 Å². The van der Waals surface area contributed by atoms with E-state index in [1.165, 1.54) is 24.3 Å². The third kappa shape index (κ3) is 5.73. The van der Waals surface area contributed by atoms with Gasteiger partial charge in [0, 0.05) is 5.69 Å². The van der Waals surface area contributed by atoms with Crippen molar-refractivity contribution in [1.29, 1.82) is 0 Å². The molecule has 8 heteroatoms. The number of hydrogen-bond donors (Lipinski definition) is 2. The molecule has 0 aliphatic rings. The molecule has 2 aromatic rings. The maximum atomic E-state index is 12.2. The summed E-state index contributed by atoms with van der Waals surface area (Å²) in [5.41, 5.74) is 4.35. The van der Waals surface area contributed by atoms with Crippen molar-refractivity contribution >= 4 is 23.2 Å². The van der Waals surface area contributed by atoms with Crippen LogP contribution in [0.2, 0.25) is 0 Å². The number of nitrogens with one attached hydrogen (secondary N) is 2. The van der Waals surface area contributed by atoms with Crippen molar-refractivity contribution in [2.45, 2.75) is 19.5 Å². The second-order valence-corrected chi connectivity index (χ2v) is 5.42. The number of amides is 2. The molecule has 0 atom stereocenters. The van der Waals surface area contributed by atoms with Crippen LogP contribution in [0.1, 0.15) is 18.1 Å². The molecule has 0 aliphatic heterocycles. The predicted octanol–water partition coefficient (Wildman–Crippen LogP) is 3.27. The fourth-order valence-corrected chi connectivity index (χ4v) is 2.03. The summed E-state index contributed by atoms with van der Waals surface area (Å²) in [6.45, 7) is 1.64. The number of alkyl halides is 3. The lowest BCUT2D eigenvalue weighted by atomic mass is 10.1. The number of rotatable bonds is 5. The molecular weight excluding hydrogens is 347 g/mol. The Morgan fingerprint density at radius 3 is 2.19 bits per heavy atom. The van der Waals surface area contributed by atoms with E-state index in [-0.39, 0.29) is 18.0 Å². The van der Waals surface area contributed by atoms with Crippen LogP contribution in [-0.4, -0.2) is 23.7 Å². The van der Waals surface area contributed by atoms with E-state index in [0.29, 0.717) is 11.3 Å². The van der Waals surface area contributed by atoms with Crippen LogP contribution >= 0.6 is 0 Å². The van der Waals surface area contributed by atoms with Gasteiger partial charge in [0.2, 0.25) is 5.91 Å². The number of carbonyl (C=O) groups is 2. The number of anilines is 1. The lowest BCUT2D eigenvalue weighted by Gasteiger charge is -2.08. The van der Waals surface area contributed by atoms with Gasteiger partial charge >= 0.3 is 12.1 Å². The Balaban J connectivity index is 1.94. The summed E-state index contributed by atoms with van der Waals surface area (Å²) in [5, 5.41) is 5.72. The molecule has 0 aliphatic carbocycles. The highest BCUT2D eigenvalue weighted by molar-refractivity contribution is 6.00. The van der Waals surface area contributed by atoms with E-state index in [9.17, 15) is 22.8 Å². The smallest absolute Gasteiger partial charge is 0.318 e. The first-order valence-corrected chi connectivity index (χ1v) is 7.61. The Bertz CT molecular complexity index is 801. The molecule has 0 saturated carbocycles. The molecule has 26 heavy (non-hydrogen) atoms. The second kappa shape index (κ2) is 8.28. The summed E-state index contributed by atoms with van der Waals surface area (Å²) in [6, 6.07) is 14.8. The highest BCUT2D eigenvalue weighted by atomic mass is 19.4. The molecule has 136 valence electrons. The van der Waals surface area contributed by atoms with Crippen LogP contribution in [0, 0.1) is 0 Å². The molecule has 2 aromatic carbocycles. The lowest BCUT2D eigenvalue weighted by molar-refractivity contribution is -0.167. The zero-order valence-electron chi connectivity index (χ0n) is 13.8. The van der Waals surface area contributed by atoms with E-state index < -0.39 is 12.1 Å². The molecule has 0 unspecified atom stereocenters. The van der Waals surface area contributed by atoms with E-state index in [1.54, 1.807) is 12.2 Å². The topological polar surface area (TPSA) is 70.6 Å². The summed E-state index contributed by atoms with van der Waals surface area (Å²) in [4.78, 5) is 22.7. The molecular formula is C18H16F3N3O2. The fourth-order valence-electron chi connectivity index (χ4n) is 2.03. The summed E-state index contributed by atoms with van der Waals surface area (Å²) in [7, 11) is 0. The minimum Gasteiger partial charge on any atom is -0.318 e. The van der Waals surface area contributed by atoms with Crippen molar-refractivity contribution in [3.63, 3.8) is 0 Å². The first-order valence-electron chi connectivity index (χ1n) is 7.61. The lowest BCUT2D eigenvalue weighted by Crippen LogP contribution is -2.29. The second-order valence-electron chi connectivity index (χ2n) is 5.42. The zero-order chi connectivity index (χ0) is 19.2. The van der Waals surface area contributed by atoms with Crippen LogP contribution in [0.25, 0.3) is 0 Å². The van der Waals surface area contributed by atoms with Crippen molar-refractivity contribution in [2.24, 2.45) is 5.10 Å². The van der Waals surface area contributed by atoms with Gasteiger partial charge in [-0.3, -0.25) is 9.59 Å². The zero-order valence-corrected chi connectivity index (χ0v) is 13.8. The van der Waals surface area contributed by atoms with Gasteiger partial charge in [-0.05, 0) is 30.2 Å². The maximum absolute atomic E-state index is 12.2. The minimum absolute atomic E-state index is 0.0111. The van der Waals surface area contributed by atoms with E-state index in [2.05, 4.69) is 10.5 Å². The van der Waals surface area contributed by atoms with E-state index in [1.807, 2.05) is 30.3 Å². The summed E-state index contributed by atoms with van der Waals surface area (Å²) >= 11 is 0. The number of nitrogens with zero attached hydrogens (tertiary/aromatic N) is 1. The maximum Gasteiger partial charge on any atom is 0.471 e. The average Bonchev–Trinajstić information content (AvgIpc) is 2.60. The number of hydrazone groups is 1. The Morgan fingerprint density at radius 1 is 1.00 bits per heavy atom. The standard InChI is InChI=1S/C18H16F3N3O2/c1-12(23-24-16(25)11-13-5-3-2-4-6-13)14-7-9-15(10-8-14)22-17(26)18(19,20)21/h2-10H,11H2,1H3,(H,22,26)(H,24,25). The molecule has 0 aromatic heterocycles. The third-order valence-corrected chi connectivity index (χ3v) is 3.37. The van der Waals surface area contributed by atoms with E-state index >= 15 is 0 Å². The number of halogens is 3. The summed E-state index contributed by atoms with van der Waals surface area (Å²) in [5.74, 6) is -2.33. The largest absolute Gasteiger partial charge is 0.471 e. The van der Waals surface area contributed by atoms with Crippen LogP contribution in [-0.2, 0) is 16.0 Å². The molecule has 0 fully saturated rings. The van der Waals surface area contributed by atoms with Gasteiger partial charge < -0.3 is 5.32 Å². The van der Waals surface area contributed by atoms with E-state index in [0.717, 1.165) is 5.56 Å². The first kappa shape index (κ1) is 19.2. The molecule has 0 bridgehead atoms. The van der Waals surface area contributed by atoms with Gasteiger partial charge in [0.1, 0.15) is 0 Å². The normalized spacial score (nSPS) is 11.8. The van der Waals surface area contributed by atoms with Crippen molar-refractivity contribution in [2.75, 3.05) is 5.32 Å². The molecule has 0 radical (unpaired) electrons. The Kier molecular flexibility index (Phi) is 6.11. The van der Waals surface area contributed by atoms with Gasteiger partial charge in [-0.15, -0.1) is 0 Å². The first-order chi connectivity index (χ1) is 12.3. The average molecular weight is 363 g/mol. The monoisotopic (exact) mass is 363 g/mol. The van der Waals surface area contributed by atoms with Gasteiger partial charge in [0.25, 0.3) is 0 Å². The minimum atomic E-state index is -4.95. The quantitative estimate of drug-likeness (QED) is 0.632. The Morgan fingerprint density at radius 2 is 1.62 bits per heavy atom. The van der Waals surface area contributed by atoms with Crippen LogP contribution in [0.5, 0.6) is 0 Å². The van der Waals surface area contributed by atoms with Gasteiger partial charge in [-0.25, -0.2) is 5.43 Å². The number of benzene rings is 2. The summed E-state index contributed by atoms with van der Waals surface area (Å²) in [6.07, 6.45) is -4.76. The molecule has 0 saturated heterocycles. The fraction of sp³-hybridized carbons (Fsp3) is 0.167. The van der Waals surface area contributed by atoms with Gasteiger partial charge in [0.05, 0.1) is 12.1 Å². The van der Waals surface area contributed by atoms with Crippen molar-refractivity contribution < 1.29 is 22.8 Å². The van der Waals surface area contributed by atoms with Gasteiger partial charge in [-0.1, -0.05) is 42.5 Å². The van der Waals surface area contributed by atoms with Crippen molar-refractivity contribution in [1.82, 2.24) is 5.43 Å². The molecule has 5 nitrogen and oxygen atoms in total. The summed E-state index contributed by atoms with van der Waals surface area (Å²) < 4.78 is 36.6. The Hall–Kier alpha value is -3.16. The molecule has 0 spiro atoms. The van der Waals surface area contributed by atoms with Gasteiger partial charge in [0.15, 0.2) is 0 Å².